The van der Waals surface area contributed by atoms with Gasteiger partial charge in [-0.1, -0.05) is 76.2 Å². The second kappa shape index (κ2) is 20.7. The summed E-state index contributed by atoms with van der Waals surface area (Å²) >= 11 is 0. The molecule has 0 saturated carbocycles. The molecule has 3 aliphatic rings. The summed E-state index contributed by atoms with van der Waals surface area (Å²) in [6.45, 7) is 8.60. The van der Waals surface area contributed by atoms with Gasteiger partial charge in [-0.25, -0.2) is 4.39 Å². The van der Waals surface area contributed by atoms with E-state index in [0.29, 0.717) is 25.9 Å². The summed E-state index contributed by atoms with van der Waals surface area (Å²) in [4.78, 5) is 84.5. The van der Waals surface area contributed by atoms with Gasteiger partial charge >= 0.3 is 11.9 Å². The molecule has 2 amide bonds. The number of methoxy groups -OCH3 is 2. The third-order valence-corrected chi connectivity index (χ3v) is 13.3. The van der Waals surface area contributed by atoms with Crippen molar-refractivity contribution in [3.8, 4) is 0 Å². The predicted molar refractivity (Wildman–Crippen MR) is 233 cm³/mol. The Morgan fingerprint density at radius 1 is 0.581 bits per heavy atom. The van der Waals surface area contributed by atoms with E-state index in [4.69, 9.17) is 9.47 Å². The van der Waals surface area contributed by atoms with E-state index in [0.717, 1.165) is 53.6 Å². The molecule has 3 fully saturated rings. The smallest absolute Gasteiger partial charge is 0.306 e. The number of esters is 2. The summed E-state index contributed by atoms with van der Waals surface area (Å²) < 4.78 is 23.9. The highest BCUT2D eigenvalue weighted by molar-refractivity contribution is 5.93. The Morgan fingerprint density at radius 2 is 0.968 bits per heavy atom. The number of anilines is 1. The number of halogens is 1. The first-order valence-electron chi connectivity index (χ1n) is 22.2. The van der Waals surface area contributed by atoms with Crippen LogP contribution in [0.1, 0.15) is 113 Å². The summed E-state index contributed by atoms with van der Waals surface area (Å²) in [7, 11) is 2.62. The highest BCUT2D eigenvalue weighted by Gasteiger charge is 2.41. The maximum Gasteiger partial charge on any atom is 0.306 e. The molecule has 0 spiro atoms. The van der Waals surface area contributed by atoms with Gasteiger partial charge in [0.25, 0.3) is 0 Å². The van der Waals surface area contributed by atoms with Crippen molar-refractivity contribution in [3.05, 3.63) is 101 Å². The van der Waals surface area contributed by atoms with Gasteiger partial charge < -0.3 is 24.2 Å². The Labute approximate surface area is 365 Å². The summed E-state index contributed by atoms with van der Waals surface area (Å²) in [5.74, 6) is -2.84. The molecule has 0 radical (unpaired) electrons. The number of carbonyl (C=O) groups is 6. The topological polar surface area (TPSA) is 131 Å². The molecular formula is C50H62FN3O8. The molecule has 11 nitrogen and oxygen atoms in total. The maximum absolute atomic E-state index is 14.2. The molecule has 3 aromatic rings. The van der Waals surface area contributed by atoms with E-state index in [1.807, 2.05) is 52.0 Å². The van der Waals surface area contributed by atoms with Gasteiger partial charge in [0.1, 0.15) is 5.82 Å². The second-order valence-electron chi connectivity index (χ2n) is 17.9. The molecule has 0 N–H and O–H groups in total. The third-order valence-electron chi connectivity index (χ3n) is 13.3. The lowest BCUT2D eigenvalue weighted by atomic mass is 9.90. The quantitative estimate of drug-likeness (QED) is 0.125. The molecule has 0 bridgehead atoms. The molecule has 0 unspecified atom stereocenters. The average molecular weight is 852 g/mol. The number of likely N-dealkylation sites (tertiary alicyclic amines) is 2. The lowest BCUT2D eigenvalue weighted by Crippen LogP contribution is -2.45. The average Bonchev–Trinajstić information content (AvgIpc) is 4.06. The third kappa shape index (κ3) is 10.6. The van der Waals surface area contributed by atoms with Gasteiger partial charge in [-0.15, -0.1) is 0 Å². The molecule has 0 aliphatic carbocycles. The molecule has 6 rings (SSSR count). The Hall–Kier alpha value is -5.39. The highest BCUT2D eigenvalue weighted by atomic mass is 19.1. The number of hydrogen-bond acceptors (Lipinski definition) is 9. The molecule has 332 valence electrons. The molecular weight excluding hydrogens is 790 g/mol. The minimum atomic E-state index is -0.548. The van der Waals surface area contributed by atoms with Crippen LogP contribution < -0.4 is 4.90 Å². The molecule has 3 aliphatic heterocycles. The van der Waals surface area contributed by atoms with Crippen molar-refractivity contribution in [2.24, 2.45) is 23.7 Å². The monoisotopic (exact) mass is 851 g/mol. The lowest BCUT2D eigenvalue weighted by Gasteiger charge is -2.33. The number of ketones is 2. The van der Waals surface area contributed by atoms with Crippen molar-refractivity contribution in [1.82, 2.24) is 9.80 Å². The minimum Gasteiger partial charge on any atom is -0.469 e. The summed E-state index contributed by atoms with van der Waals surface area (Å²) in [5.41, 5.74) is 4.72. The first-order chi connectivity index (χ1) is 29.7. The van der Waals surface area contributed by atoms with Crippen LogP contribution in [0.5, 0.6) is 0 Å². The zero-order valence-electron chi connectivity index (χ0n) is 37.0. The number of Topliss-reactive ketones (excluding diaryl/α,β-unsaturated/α-hetero) is 2. The van der Waals surface area contributed by atoms with Gasteiger partial charge in [0.05, 0.1) is 63.1 Å². The molecule has 62 heavy (non-hydrogen) atoms. The van der Waals surface area contributed by atoms with Crippen molar-refractivity contribution in [2.45, 2.75) is 116 Å². The normalized spacial score (nSPS) is 21.0. The van der Waals surface area contributed by atoms with Crippen molar-refractivity contribution >= 4 is 41.0 Å². The number of benzene rings is 3. The number of rotatable bonds is 17. The second-order valence-corrected chi connectivity index (χ2v) is 17.9. The van der Waals surface area contributed by atoms with Crippen molar-refractivity contribution in [1.29, 1.82) is 0 Å². The highest BCUT2D eigenvalue weighted by Crippen LogP contribution is 2.47. The van der Waals surface area contributed by atoms with Crippen LogP contribution in [0.15, 0.2) is 72.8 Å². The summed E-state index contributed by atoms with van der Waals surface area (Å²) in [6, 6.07) is 21.6. The first-order valence-corrected chi connectivity index (χ1v) is 22.2. The van der Waals surface area contributed by atoms with Crippen molar-refractivity contribution in [3.63, 3.8) is 0 Å². The van der Waals surface area contributed by atoms with Gasteiger partial charge in [0.2, 0.25) is 11.8 Å². The van der Waals surface area contributed by atoms with Gasteiger partial charge in [0, 0.05) is 31.6 Å². The summed E-state index contributed by atoms with van der Waals surface area (Å²) in [6.07, 6.45) is 4.66. The van der Waals surface area contributed by atoms with E-state index in [-0.39, 0.29) is 78.8 Å². The van der Waals surface area contributed by atoms with E-state index >= 15 is 0 Å². The first kappa shape index (κ1) is 46.1. The maximum atomic E-state index is 14.2. The Balaban J connectivity index is 1.13. The number of amides is 2. The Bertz CT molecular complexity index is 1940. The van der Waals surface area contributed by atoms with Crippen LogP contribution in [0.2, 0.25) is 0 Å². The largest absolute Gasteiger partial charge is 0.469 e. The fraction of sp³-hybridized carbons (Fsp3) is 0.520. The van der Waals surface area contributed by atoms with Crippen LogP contribution >= 0.6 is 0 Å². The van der Waals surface area contributed by atoms with E-state index in [9.17, 15) is 33.2 Å². The Morgan fingerprint density at radius 3 is 1.32 bits per heavy atom. The number of hydrogen-bond donors (Lipinski definition) is 0. The number of nitrogens with zero attached hydrogens (tertiary/aromatic N) is 3. The molecule has 12 heteroatoms. The van der Waals surface area contributed by atoms with Crippen LogP contribution in [0, 0.1) is 29.5 Å². The molecule has 3 heterocycles. The summed E-state index contributed by atoms with van der Waals surface area (Å²) in [5, 5.41) is 0. The zero-order valence-corrected chi connectivity index (χ0v) is 37.0. The predicted octanol–water partition coefficient (Wildman–Crippen LogP) is 7.78. The van der Waals surface area contributed by atoms with Crippen LogP contribution in [-0.4, -0.2) is 84.5 Å². The lowest BCUT2D eigenvalue weighted by molar-refractivity contribution is -0.149. The van der Waals surface area contributed by atoms with E-state index < -0.39 is 35.9 Å². The fourth-order valence-corrected chi connectivity index (χ4v) is 9.69. The van der Waals surface area contributed by atoms with Gasteiger partial charge in [-0.05, 0) is 96.9 Å². The van der Waals surface area contributed by atoms with Crippen molar-refractivity contribution in [2.75, 3.05) is 32.2 Å². The standard InChI is InChI=1S/C50H62FN3O8/c1-31(2)39(29-47(57)61-5)49(59)52-25-7-9-43(52)45(55)27-33-11-15-35(16-12-33)41-23-24-42(54(41)38-21-19-37(51)20-22-38)36-17-13-34(14-18-36)28-46(56)44-10-8-26-53(44)50(60)40(32(3)4)30-48(58)62-6/h11-22,31-32,39-44H,7-10,23-30H2,1-6H3/t39-,40-,41-,42-,43-,44-/m0/s1. The van der Waals surface area contributed by atoms with Gasteiger partial charge in [0.15, 0.2) is 11.6 Å². The van der Waals surface area contributed by atoms with Crippen molar-refractivity contribution < 1.29 is 42.6 Å². The van der Waals surface area contributed by atoms with Crippen LogP contribution in [-0.2, 0) is 51.1 Å². The van der Waals surface area contributed by atoms with E-state index in [1.165, 1.54) is 26.4 Å². The van der Waals surface area contributed by atoms with E-state index in [1.54, 1.807) is 21.9 Å². The van der Waals surface area contributed by atoms with Gasteiger partial charge in [-0.3, -0.25) is 28.8 Å². The van der Waals surface area contributed by atoms with Crippen LogP contribution in [0.3, 0.4) is 0 Å². The Kier molecular flexibility index (Phi) is 15.4. The number of ether oxygens (including phenoxy) is 2. The molecule has 3 aromatic carbocycles. The van der Waals surface area contributed by atoms with Crippen LogP contribution in [0.4, 0.5) is 10.1 Å². The molecule has 6 atom stereocenters. The van der Waals surface area contributed by atoms with Crippen LogP contribution in [0.25, 0.3) is 0 Å². The minimum absolute atomic E-state index is 0.0135. The number of carbonyl (C=O) groups excluding carboxylic acids is 6. The van der Waals surface area contributed by atoms with Gasteiger partial charge in [-0.2, -0.15) is 0 Å². The fourth-order valence-electron chi connectivity index (χ4n) is 9.69. The SMILES string of the molecule is COC(=O)C[C@H](C(=O)N1CCC[C@H]1C(=O)Cc1ccc([C@@H]2CC[C@@H](c3ccc(CC(=O)[C@@H]4CCCN4C(=O)[C@@H](CC(=O)OC)C(C)C)cc3)N2c2ccc(F)cc2)cc1)C(C)C. The molecule has 0 aromatic heterocycles. The van der Waals surface area contributed by atoms with E-state index in [2.05, 4.69) is 29.2 Å². The zero-order chi connectivity index (χ0) is 44.7. The molecule has 3 saturated heterocycles.